The Balaban J connectivity index is 1.45. The van der Waals surface area contributed by atoms with Crippen molar-refractivity contribution in [3.05, 3.63) is 10.6 Å². The molecule has 33 heavy (non-hydrogen) atoms. The fourth-order valence-electron chi connectivity index (χ4n) is 5.43. The monoisotopic (exact) mass is 496 g/mol. The Morgan fingerprint density at radius 2 is 2.00 bits per heavy atom. The van der Waals surface area contributed by atoms with Crippen LogP contribution in [0.1, 0.15) is 26.7 Å². The van der Waals surface area contributed by atoms with Gasteiger partial charge in [0.05, 0.1) is 24.0 Å². The summed E-state index contributed by atoms with van der Waals surface area (Å²) in [5, 5.41) is 16.4. The van der Waals surface area contributed by atoms with Crippen molar-refractivity contribution in [1.82, 2.24) is 20.4 Å². The lowest BCUT2D eigenvalue weighted by Gasteiger charge is -2.47. The van der Waals surface area contributed by atoms with Gasteiger partial charge in [0.25, 0.3) is 0 Å². The maximum atomic E-state index is 13.1. The third-order valence-electron chi connectivity index (χ3n) is 7.16. The first kappa shape index (κ1) is 24.6. The first-order valence-corrected chi connectivity index (χ1v) is 13.4. The van der Waals surface area contributed by atoms with E-state index in [9.17, 15) is 24.3 Å². The lowest BCUT2D eigenvalue weighted by molar-refractivity contribution is -0.160. The molecule has 3 saturated heterocycles. The van der Waals surface area contributed by atoms with Crippen LogP contribution in [0, 0.1) is 17.8 Å². The predicted molar refractivity (Wildman–Crippen MR) is 127 cm³/mol. The van der Waals surface area contributed by atoms with Gasteiger partial charge in [-0.1, -0.05) is 13.8 Å². The molecule has 4 aliphatic rings. The highest BCUT2D eigenvalue weighted by molar-refractivity contribution is 8.03. The van der Waals surface area contributed by atoms with E-state index in [4.69, 9.17) is 0 Å². The standard InChI is InChI=1S/C22H32N4O5S2/c1-10(5-15(27)14-8-32-9-24-14)16-17-11(2)19(18(22(30)31)26(17)21(16)29)33-12-6-13(23-7-12)20(28)25(3)4/h10-14,16-17,23-24H,5-9H2,1-4H3,(H,30,31)/t10-,11+,12-,13-,14-,16+,17+/m0/s1. The van der Waals surface area contributed by atoms with Crippen molar-refractivity contribution in [2.24, 2.45) is 17.8 Å². The number of hydrogen-bond donors (Lipinski definition) is 3. The number of nitrogens with zero attached hydrogens (tertiary/aromatic N) is 2. The van der Waals surface area contributed by atoms with Gasteiger partial charge < -0.3 is 20.2 Å². The van der Waals surface area contributed by atoms with Crippen LogP contribution in [-0.2, 0) is 19.2 Å². The molecule has 3 fully saturated rings. The van der Waals surface area contributed by atoms with Gasteiger partial charge in [0.1, 0.15) is 5.70 Å². The van der Waals surface area contributed by atoms with Gasteiger partial charge >= 0.3 is 5.97 Å². The third kappa shape index (κ3) is 4.44. The number of carboxylic acids is 1. The summed E-state index contributed by atoms with van der Waals surface area (Å²) in [6, 6.07) is -0.660. The molecule has 11 heteroatoms. The van der Waals surface area contributed by atoms with Crippen LogP contribution in [0.25, 0.3) is 0 Å². The topological polar surface area (TPSA) is 119 Å². The van der Waals surface area contributed by atoms with E-state index < -0.39 is 5.97 Å². The number of carbonyl (C=O) groups excluding carboxylic acids is 3. The van der Waals surface area contributed by atoms with E-state index in [0.717, 1.165) is 11.6 Å². The minimum absolute atomic E-state index is 0.0118. The Morgan fingerprint density at radius 1 is 1.27 bits per heavy atom. The average Bonchev–Trinajstić information content (AvgIpc) is 3.48. The quantitative estimate of drug-likeness (QED) is 0.414. The summed E-state index contributed by atoms with van der Waals surface area (Å²) in [5.41, 5.74) is 0.0773. The highest BCUT2D eigenvalue weighted by Crippen LogP contribution is 2.53. The molecule has 0 aromatic carbocycles. The van der Waals surface area contributed by atoms with Crippen molar-refractivity contribution in [3.63, 3.8) is 0 Å². The van der Waals surface area contributed by atoms with Gasteiger partial charge in [-0.3, -0.25) is 19.7 Å². The Bertz CT molecular complexity index is 888. The molecule has 2 amide bonds. The number of rotatable bonds is 8. The van der Waals surface area contributed by atoms with E-state index in [1.807, 2.05) is 13.8 Å². The van der Waals surface area contributed by atoms with Gasteiger partial charge in [-0.05, 0) is 12.3 Å². The van der Waals surface area contributed by atoms with E-state index >= 15 is 0 Å². The number of thioether (sulfide) groups is 2. The van der Waals surface area contributed by atoms with Gasteiger partial charge in [-0.15, -0.1) is 23.5 Å². The van der Waals surface area contributed by atoms with Crippen LogP contribution in [0.2, 0.25) is 0 Å². The SMILES string of the molecule is C[C@@H](CC(=O)[C@@H]1CSCN1)[C@H]1C(=O)N2C(C(=O)O)=C(S[C@@H]3CN[C@H](C(=O)N(C)C)C3)[C@H](C)[C@H]12. The number of nitrogens with one attached hydrogen (secondary N) is 2. The van der Waals surface area contributed by atoms with Crippen molar-refractivity contribution in [3.8, 4) is 0 Å². The van der Waals surface area contributed by atoms with E-state index in [1.54, 1.807) is 30.8 Å². The molecule has 9 nitrogen and oxygen atoms in total. The smallest absolute Gasteiger partial charge is 0.353 e. The molecule has 0 unspecified atom stereocenters. The molecular weight excluding hydrogens is 464 g/mol. The van der Waals surface area contributed by atoms with Crippen molar-refractivity contribution in [1.29, 1.82) is 0 Å². The molecule has 4 aliphatic heterocycles. The van der Waals surface area contributed by atoms with Crippen LogP contribution < -0.4 is 10.6 Å². The number of ketones is 1. The summed E-state index contributed by atoms with van der Waals surface area (Å²) in [4.78, 5) is 53.8. The number of aliphatic carboxylic acids is 1. The second-order valence-corrected chi connectivity index (χ2v) is 12.0. The molecule has 4 heterocycles. The zero-order valence-corrected chi connectivity index (χ0v) is 21.0. The Kier molecular flexibility index (Phi) is 7.14. The second kappa shape index (κ2) is 9.59. The van der Waals surface area contributed by atoms with Gasteiger partial charge in [0.15, 0.2) is 5.78 Å². The fourth-order valence-corrected chi connectivity index (χ4v) is 7.88. The van der Waals surface area contributed by atoms with Crippen LogP contribution in [-0.4, -0.2) is 94.1 Å². The minimum Gasteiger partial charge on any atom is -0.477 e. The van der Waals surface area contributed by atoms with Gasteiger partial charge in [-0.25, -0.2) is 4.79 Å². The predicted octanol–water partition coefficient (Wildman–Crippen LogP) is 0.569. The minimum atomic E-state index is -1.10. The van der Waals surface area contributed by atoms with Crippen LogP contribution in [0.5, 0.6) is 0 Å². The van der Waals surface area contributed by atoms with E-state index in [0.29, 0.717) is 24.3 Å². The van der Waals surface area contributed by atoms with Gasteiger partial charge in [0.2, 0.25) is 11.8 Å². The zero-order valence-electron chi connectivity index (χ0n) is 19.4. The van der Waals surface area contributed by atoms with Gasteiger partial charge in [-0.2, -0.15) is 0 Å². The summed E-state index contributed by atoms with van der Waals surface area (Å²) in [6.07, 6.45) is 0.932. The number of fused-ring (bicyclic) bond motifs is 1. The highest BCUT2D eigenvalue weighted by atomic mass is 32.2. The maximum absolute atomic E-state index is 13.1. The van der Waals surface area contributed by atoms with Crippen LogP contribution in [0.4, 0.5) is 0 Å². The molecule has 0 spiro atoms. The second-order valence-electron chi connectivity index (χ2n) is 9.62. The molecule has 182 valence electrons. The highest BCUT2D eigenvalue weighted by Gasteiger charge is 2.60. The molecule has 0 aromatic heterocycles. The van der Waals surface area contributed by atoms with Crippen LogP contribution >= 0.6 is 23.5 Å². The van der Waals surface area contributed by atoms with Crippen LogP contribution in [0.15, 0.2) is 10.6 Å². The summed E-state index contributed by atoms with van der Waals surface area (Å²) in [5.74, 6) is -0.244. The van der Waals surface area contributed by atoms with Crippen molar-refractivity contribution >= 4 is 47.1 Å². The molecule has 7 atom stereocenters. The van der Waals surface area contributed by atoms with Crippen LogP contribution in [0.3, 0.4) is 0 Å². The van der Waals surface area contributed by atoms with Crippen molar-refractivity contribution in [2.75, 3.05) is 32.3 Å². The van der Waals surface area contributed by atoms with Crippen molar-refractivity contribution < 1.29 is 24.3 Å². The Morgan fingerprint density at radius 3 is 2.61 bits per heavy atom. The number of likely N-dealkylation sites (N-methyl/N-ethyl adjacent to an activating group) is 1. The summed E-state index contributed by atoms with van der Waals surface area (Å²) < 4.78 is 0. The Hall–Kier alpha value is -1.56. The van der Waals surface area contributed by atoms with E-state index in [1.165, 1.54) is 16.7 Å². The molecule has 4 rings (SSSR count). The molecule has 0 bridgehead atoms. The molecule has 0 aliphatic carbocycles. The molecule has 3 N–H and O–H groups in total. The molecule has 0 saturated carbocycles. The number of β-lactam (4-membered cyclic amide) rings is 1. The third-order valence-corrected chi connectivity index (χ3v) is 9.61. The lowest BCUT2D eigenvalue weighted by atomic mass is 9.73. The largest absolute Gasteiger partial charge is 0.477 e. The summed E-state index contributed by atoms with van der Waals surface area (Å²) in [6.45, 7) is 4.51. The first-order valence-electron chi connectivity index (χ1n) is 11.4. The molecule has 0 radical (unpaired) electrons. The zero-order chi connectivity index (χ0) is 24.0. The molecule has 0 aromatic rings. The summed E-state index contributed by atoms with van der Waals surface area (Å²) in [7, 11) is 3.44. The number of hydrogen-bond acceptors (Lipinski definition) is 8. The van der Waals surface area contributed by atoms with Crippen molar-refractivity contribution in [2.45, 2.75) is 50.1 Å². The number of amides is 2. The number of Topliss-reactive ketones (excluding diaryl/α,β-unsaturated/α-hetero) is 1. The maximum Gasteiger partial charge on any atom is 0.353 e. The Labute approximate surface area is 202 Å². The average molecular weight is 497 g/mol. The normalized spacial score (nSPS) is 34.3. The number of carboxylic acid groups (broad SMARTS) is 1. The van der Waals surface area contributed by atoms with Gasteiger partial charge in [0, 0.05) is 54.8 Å². The van der Waals surface area contributed by atoms with E-state index in [2.05, 4.69) is 10.6 Å². The summed E-state index contributed by atoms with van der Waals surface area (Å²) >= 11 is 3.18. The fraction of sp³-hybridized carbons (Fsp3) is 0.727. The first-order chi connectivity index (χ1) is 15.6. The number of carbonyl (C=O) groups is 4. The molecular formula is C22H32N4O5S2. The lowest BCUT2D eigenvalue weighted by Crippen LogP contribution is -2.62. The van der Waals surface area contributed by atoms with E-state index in [-0.39, 0.29) is 64.4 Å².